The Bertz CT molecular complexity index is 1500. The molecule has 0 radical (unpaired) electrons. The molecule has 1 saturated heterocycles. The van der Waals surface area contributed by atoms with Crippen molar-refractivity contribution < 1.29 is 14.5 Å². The van der Waals surface area contributed by atoms with E-state index in [4.69, 9.17) is 0 Å². The highest BCUT2D eigenvalue weighted by atomic mass is 32.1. The number of non-ortho nitro benzene ring substituents is 1. The molecule has 1 aliphatic rings. The number of fused-ring (bicyclic) bond motifs is 3. The second-order valence-corrected chi connectivity index (χ2v) is 8.42. The van der Waals surface area contributed by atoms with E-state index in [2.05, 4.69) is 15.5 Å². The Morgan fingerprint density at radius 1 is 1.16 bits per heavy atom. The number of thiophene rings is 1. The molecule has 4 aromatic rings. The van der Waals surface area contributed by atoms with Gasteiger partial charge in [-0.25, -0.2) is 4.79 Å². The number of hydrogen-bond donors (Lipinski definition) is 1. The van der Waals surface area contributed by atoms with E-state index >= 15 is 0 Å². The fourth-order valence-electron chi connectivity index (χ4n) is 3.85. The van der Waals surface area contributed by atoms with Gasteiger partial charge in [0.05, 0.1) is 17.0 Å². The lowest BCUT2D eigenvalue weighted by molar-refractivity contribution is -0.384. The highest BCUT2D eigenvalue weighted by Crippen LogP contribution is 2.31. The molecule has 1 N–H and O–H groups in total. The molecule has 13 heteroatoms. The molecule has 0 bridgehead atoms. The number of urea groups is 1. The monoisotopic (exact) mass is 453 g/mol. The lowest BCUT2D eigenvalue weighted by atomic mass is 9.92. The van der Waals surface area contributed by atoms with Crippen LogP contribution in [0.1, 0.15) is 18.3 Å². The van der Waals surface area contributed by atoms with Gasteiger partial charge in [0, 0.05) is 19.2 Å². The number of hydrogen-bond acceptors (Lipinski definition) is 8. The third-order valence-electron chi connectivity index (χ3n) is 5.63. The van der Waals surface area contributed by atoms with Crippen molar-refractivity contribution in [2.75, 3.05) is 0 Å². The van der Waals surface area contributed by atoms with Gasteiger partial charge in [0.2, 0.25) is 5.78 Å². The maximum Gasteiger partial charge on any atom is 0.325 e. The molecule has 3 aromatic heterocycles. The van der Waals surface area contributed by atoms with Crippen LogP contribution in [0.4, 0.5) is 10.5 Å². The maximum atomic E-state index is 13.3. The van der Waals surface area contributed by atoms with Crippen molar-refractivity contribution >= 4 is 45.0 Å². The van der Waals surface area contributed by atoms with E-state index < -0.39 is 22.4 Å². The van der Waals surface area contributed by atoms with Gasteiger partial charge in [0.15, 0.2) is 5.82 Å². The molecular formula is C19H15N7O5S. The number of imide groups is 1. The summed E-state index contributed by atoms with van der Waals surface area (Å²) >= 11 is 1.28. The Kier molecular flexibility index (Phi) is 4.14. The zero-order valence-corrected chi connectivity index (χ0v) is 17.6. The van der Waals surface area contributed by atoms with Crippen LogP contribution >= 0.6 is 11.3 Å². The first-order valence-electron chi connectivity index (χ1n) is 9.41. The zero-order chi connectivity index (χ0) is 22.8. The Hall–Kier alpha value is -4.13. The molecule has 5 rings (SSSR count). The fourth-order valence-corrected chi connectivity index (χ4v) is 4.70. The second kappa shape index (κ2) is 6.68. The van der Waals surface area contributed by atoms with Crippen molar-refractivity contribution in [3.8, 4) is 0 Å². The van der Waals surface area contributed by atoms with E-state index in [9.17, 15) is 24.5 Å². The van der Waals surface area contributed by atoms with Crippen molar-refractivity contribution in [2.24, 2.45) is 7.05 Å². The van der Waals surface area contributed by atoms with E-state index in [0.717, 1.165) is 4.90 Å². The average molecular weight is 453 g/mol. The van der Waals surface area contributed by atoms with Gasteiger partial charge in [-0.3, -0.25) is 33.6 Å². The number of amides is 3. The zero-order valence-electron chi connectivity index (χ0n) is 16.8. The molecule has 3 amide bonds. The summed E-state index contributed by atoms with van der Waals surface area (Å²) in [6.45, 7) is 1.37. The lowest BCUT2D eigenvalue weighted by Crippen LogP contribution is -2.40. The predicted octanol–water partition coefficient (Wildman–Crippen LogP) is 1.52. The summed E-state index contributed by atoms with van der Waals surface area (Å²) in [7, 11) is 1.58. The van der Waals surface area contributed by atoms with Gasteiger partial charge in [-0.05, 0) is 36.1 Å². The minimum atomic E-state index is -1.39. The van der Waals surface area contributed by atoms with Gasteiger partial charge in [-0.15, -0.1) is 21.5 Å². The quantitative estimate of drug-likeness (QED) is 0.280. The van der Waals surface area contributed by atoms with Crippen LogP contribution in [0.5, 0.6) is 0 Å². The highest BCUT2D eigenvalue weighted by molar-refractivity contribution is 7.17. The van der Waals surface area contributed by atoms with Gasteiger partial charge in [-0.2, -0.15) is 0 Å². The first kappa shape index (κ1) is 19.8. The fraction of sp³-hybridized carbons (Fsp3) is 0.211. The molecule has 32 heavy (non-hydrogen) atoms. The van der Waals surface area contributed by atoms with Crippen LogP contribution in [0, 0.1) is 10.1 Å². The third kappa shape index (κ3) is 2.64. The minimum absolute atomic E-state index is 0.119. The highest BCUT2D eigenvalue weighted by Gasteiger charge is 2.49. The van der Waals surface area contributed by atoms with Crippen LogP contribution in [-0.4, -0.2) is 40.9 Å². The van der Waals surface area contributed by atoms with Gasteiger partial charge in [-0.1, -0.05) is 0 Å². The molecule has 1 unspecified atom stereocenters. The van der Waals surface area contributed by atoms with Gasteiger partial charge >= 0.3 is 6.03 Å². The first-order chi connectivity index (χ1) is 15.2. The largest absolute Gasteiger partial charge is 0.325 e. The summed E-state index contributed by atoms with van der Waals surface area (Å²) in [6, 6.07) is 6.58. The van der Waals surface area contributed by atoms with Crippen molar-refractivity contribution in [3.63, 3.8) is 0 Å². The number of carbonyl (C=O) groups is 2. The first-order valence-corrected chi connectivity index (χ1v) is 10.3. The Morgan fingerprint density at radius 3 is 2.56 bits per heavy atom. The van der Waals surface area contributed by atoms with Gasteiger partial charge in [0.1, 0.15) is 10.2 Å². The molecular weight excluding hydrogens is 438 g/mol. The summed E-state index contributed by atoms with van der Waals surface area (Å²) in [5.41, 5.74) is -0.707. The van der Waals surface area contributed by atoms with Crippen LogP contribution in [0.3, 0.4) is 0 Å². The molecule has 0 spiro atoms. The van der Waals surface area contributed by atoms with Crippen molar-refractivity contribution in [1.82, 2.24) is 29.4 Å². The van der Waals surface area contributed by atoms with Crippen LogP contribution < -0.4 is 10.9 Å². The van der Waals surface area contributed by atoms with E-state index in [0.29, 0.717) is 27.4 Å². The van der Waals surface area contributed by atoms with Crippen LogP contribution in [0.15, 0.2) is 40.5 Å². The van der Waals surface area contributed by atoms with E-state index in [1.54, 1.807) is 22.9 Å². The van der Waals surface area contributed by atoms with Crippen LogP contribution in [-0.2, 0) is 23.9 Å². The number of nitrogens with one attached hydrogen (secondary N) is 1. The molecule has 0 aliphatic carbocycles. The molecule has 1 atom stereocenters. The number of nitro benzene ring substituents is 1. The van der Waals surface area contributed by atoms with Crippen LogP contribution in [0.2, 0.25) is 0 Å². The summed E-state index contributed by atoms with van der Waals surface area (Å²) in [5.74, 6) is 0.0796. The number of benzene rings is 1. The number of aromatic nitrogens is 4. The Morgan fingerprint density at radius 2 is 1.88 bits per heavy atom. The molecule has 1 fully saturated rings. The Balaban J connectivity index is 1.54. The van der Waals surface area contributed by atoms with Gasteiger partial charge < -0.3 is 5.32 Å². The number of aryl methyl sites for hydroxylation is 1. The van der Waals surface area contributed by atoms with E-state index in [-0.39, 0.29) is 17.8 Å². The molecule has 162 valence electrons. The average Bonchev–Trinajstić information content (AvgIpc) is 3.46. The summed E-state index contributed by atoms with van der Waals surface area (Å²) in [6.07, 6.45) is 0. The smallest absolute Gasteiger partial charge is 0.319 e. The molecule has 0 saturated carbocycles. The summed E-state index contributed by atoms with van der Waals surface area (Å²) in [4.78, 5) is 49.8. The van der Waals surface area contributed by atoms with Crippen molar-refractivity contribution in [3.05, 3.63) is 67.6 Å². The molecule has 12 nitrogen and oxygen atoms in total. The Labute approximate surface area is 182 Å². The van der Waals surface area contributed by atoms with E-state index in [1.807, 2.05) is 0 Å². The van der Waals surface area contributed by atoms with Crippen molar-refractivity contribution in [2.45, 2.75) is 19.0 Å². The third-order valence-corrected chi connectivity index (χ3v) is 6.52. The van der Waals surface area contributed by atoms with E-state index in [1.165, 1.54) is 47.1 Å². The minimum Gasteiger partial charge on any atom is -0.319 e. The number of rotatable bonds is 4. The SMILES string of the molecule is Cn1c(=O)c2sccc2n2c(CN3C(=O)NC(C)(c4ccc([N+](=O)[O-])cc4)C3=O)nnc12. The second-order valence-electron chi connectivity index (χ2n) is 7.50. The number of nitrogens with zero attached hydrogens (tertiary/aromatic N) is 6. The number of nitro groups is 1. The standard InChI is InChI=1S/C19H15N7O5S/c1-19(10-3-5-11(6-4-10)26(30)31)16(28)24(18(29)20-19)9-13-21-22-17-23(2)15(27)14-12(25(13)17)7-8-32-14/h3-8H,9H2,1-2H3,(H,20,29). The molecule has 4 heterocycles. The normalized spacial score (nSPS) is 18.6. The van der Waals surface area contributed by atoms with Gasteiger partial charge in [0.25, 0.3) is 17.2 Å². The van der Waals surface area contributed by atoms with Crippen LogP contribution in [0.25, 0.3) is 16.0 Å². The number of carbonyl (C=O) groups excluding carboxylic acids is 2. The van der Waals surface area contributed by atoms with Crippen molar-refractivity contribution in [1.29, 1.82) is 0 Å². The summed E-state index contributed by atoms with van der Waals surface area (Å²) in [5, 5.41) is 23.5. The molecule has 1 aliphatic heterocycles. The molecule has 1 aromatic carbocycles. The topological polar surface area (TPSA) is 145 Å². The predicted molar refractivity (Wildman–Crippen MR) is 113 cm³/mol. The lowest BCUT2D eigenvalue weighted by Gasteiger charge is -2.22. The maximum absolute atomic E-state index is 13.3. The summed E-state index contributed by atoms with van der Waals surface area (Å²) < 4.78 is 3.52.